The number of nitrogens with one attached hydrogen (secondary N) is 8. The number of aromatic hydroxyl groups is 4. The van der Waals surface area contributed by atoms with Crippen molar-refractivity contribution in [1.82, 2.24) is 62.4 Å². The van der Waals surface area contributed by atoms with Crippen molar-refractivity contribution in [2.75, 3.05) is 7.11 Å². The molecule has 8 aliphatic rings. The maximum Gasteiger partial charge on any atom is 0.419 e. The lowest BCUT2D eigenvalue weighted by Crippen LogP contribution is -2.30. The van der Waals surface area contributed by atoms with Gasteiger partial charge in [-0.2, -0.15) is 38.7 Å². The maximum atomic E-state index is 14.6. The van der Waals surface area contributed by atoms with Gasteiger partial charge in [0.05, 0.1) is 107 Å². The number of hydrogen-bond donors (Lipinski definition) is 13. The third-order valence-electron chi connectivity index (χ3n) is 23.9. The molecule has 0 radical (unpaired) electrons. The second-order valence-electron chi connectivity index (χ2n) is 33.3. The van der Waals surface area contributed by atoms with E-state index in [0.717, 1.165) is 195 Å². The van der Waals surface area contributed by atoms with Gasteiger partial charge in [-0.25, -0.2) is 18.8 Å². The number of aliphatic imine (C=N–C) groups is 1. The summed E-state index contributed by atoms with van der Waals surface area (Å²) in [7, 11) is 1.56. The van der Waals surface area contributed by atoms with Gasteiger partial charge in [-0.1, -0.05) is 126 Å². The van der Waals surface area contributed by atoms with Crippen LogP contribution in [0.25, 0.3) is 55.6 Å². The second kappa shape index (κ2) is 41.7. The number of ether oxygens (including phenoxy) is 1. The molecule has 8 atom stereocenters. The fraction of sp³-hybridized carbons (Fsp3) is 0.304. The molecule has 0 bridgehead atoms. The number of aryl methyl sites for hydroxylation is 1. The predicted octanol–water partition coefficient (Wildman–Crippen LogP) is 22.2. The Morgan fingerprint density at radius 2 is 1.42 bits per heavy atom. The van der Waals surface area contributed by atoms with Gasteiger partial charge in [0.15, 0.2) is 11.5 Å². The van der Waals surface area contributed by atoms with Gasteiger partial charge in [-0.05, 0) is 237 Å². The summed E-state index contributed by atoms with van der Waals surface area (Å²) in [5, 5.41) is 91.0. The zero-order valence-electron chi connectivity index (χ0n) is 72.7. The number of phenolic OH excluding ortho intramolecular Hbond substituents is 4. The van der Waals surface area contributed by atoms with Crippen molar-refractivity contribution in [2.24, 2.45) is 32.9 Å². The van der Waals surface area contributed by atoms with Crippen LogP contribution in [0.3, 0.4) is 0 Å². The normalized spacial score (nSPS) is 19.9. The van der Waals surface area contributed by atoms with Gasteiger partial charge in [-0.15, -0.1) is 6.58 Å². The summed E-state index contributed by atoms with van der Waals surface area (Å²) in [4.78, 5) is 9.74. The highest BCUT2D eigenvalue weighted by molar-refractivity contribution is 6.15. The van der Waals surface area contributed by atoms with Crippen LogP contribution in [0.5, 0.6) is 28.7 Å². The number of dihydropyridines is 2. The lowest BCUT2D eigenvalue weighted by Gasteiger charge is -2.28. The molecule has 21 nitrogen and oxygen atoms in total. The third kappa shape index (κ3) is 21.5. The Bertz CT molecular complexity index is 6150. The molecule has 8 unspecified atom stereocenters. The molecule has 6 aromatic carbocycles. The number of nitrogens with zero attached hydrogens (tertiary/aromatic N) is 7. The number of aliphatic hydroxyl groups is 1. The number of aromatic nitrogens is 7. The number of hydrogen-bond acceptors (Lipinski definition) is 18. The molecule has 13 N–H and O–H groups in total. The Hall–Kier alpha value is -13.6. The number of rotatable bonds is 23. The van der Waals surface area contributed by atoms with Crippen molar-refractivity contribution in [3.8, 4) is 40.0 Å². The molecule has 0 spiro atoms. The number of methoxy groups -OCH3 is 1. The first kappa shape index (κ1) is 90.6. The van der Waals surface area contributed by atoms with Crippen LogP contribution in [-0.2, 0) is 12.6 Å². The molecule has 0 saturated heterocycles. The Labute approximate surface area is 741 Å². The van der Waals surface area contributed by atoms with Gasteiger partial charge in [-0.3, -0.25) is 15.3 Å². The lowest BCUT2D eigenvalue weighted by molar-refractivity contribution is -0.138. The summed E-state index contributed by atoms with van der Waals surface area (Å²) < 4.78 is 73.8. The molecule has 0 amide bonds. The van der Waals surface area contributed by atoms with Gasteiger partial charge in [0.25, 0.3) is 0 Å². The Balaban J connectivity index is 0.000000130. The molecule has 4 aliphatic carbocycles. The molecular formula is C102H110F5N15O6. The topological polar surface area (TPSA) is 307 Å². The predicted molar refractivity (Wildman–Crippen MR) is 500 cm³/mol. The van der Waals surface area contributed by atoms with E-state index in [-0.39, 0.29) is 65.2 Å². The fourth-order valence-corrected chi connectivity index (χ4v) is 17.1. The number of halogens is 5. The van der Waals surface area contributed by atoms with E-state index in [2.05, 4.69) is 158 Å². The highest BCUT2D eigenvalue weighted by Crippen LogP contribution is 2.44. The van der Waals surface area contributed by atoms with Crippen LogP contribution >= 0.6 is 0 Å². The molecule has 4 aromatic heterocycles. The van der Waals surface area contributed by atoms with Gasteiger partial charge in [0.1, 0.15) is 28.9 Å². The number of fused-ring (bicyclic) bond motifs is 5. The van der Waals surface area contributed by atoms with Crippen LogP contribution in [0.2, 0.25) is 0 Å². The minimum atomic E-state index is -4.60. The summed E-state index contributed by atoms with van der Waals surface area (Å²) in [6.45, 7) is 18.3. The SMILES string of the molecule is C=CC1NN=CC1C1=CNC(c2ccc(O)c(C(F)(F)F)c2)C=C1CCCC.C=Cc1[nH]ncc1C1=CNC(c2ccc(O)c(OC)c2)C=C1CCCC.Cc1c(CC(C)C)c(-c2ccc(O)cc2F)nc2ccc3[nH]ncc3c12.OC1C=CC(C(=Nc2ccc3[nH]ncc3c2)C2=CCCC2)=CC1.Oc1ccc(C(NC2=CC3C=NNC3C=C2)C2=CCCCC2)c(F)c1. The molecule has 4 aliphatic heterocycles. The van der Waals surface area contributed by atoms with E-state index in [1.807, 2.05) is 104 Å². The van der Waals surface area contributed by atoms with E-state index in [4.69, 9.17) is 14.7 Å². The molecule has 26 heteroatoms. The Morgan fingerprint density at radius 1 is 0.703 bits per heavy atom. The van der Waals surface area contributed by atoms with E-state index in [1.165, 1.54) is 47.8 Å². The Kier molecular flexibility index (Phi) is 29.5. The molecule has 0 saturated carbocycles. The largest absolute Gasteiger partial charge is 0.508 e. The first-order chi connectivity index (χ1) is 62.0. The first-order valence-electron chi connectivity index (χ1n) is 43.8. The highest BCUT2D eigenvalue weighted by Gasteiger charge is 2.36. The number of alkyl halides is 3. The van der Waals surface area contributed by atoms with Gasteiger partial charge >= 0.3 is 6.18 Å². The second-order valence-corrected chi connectivity index (χ2v) is 33.3. The number of aliphatic hydroxyl groups excluding tert-OH is 1. The number of benzene rings is 6. The van der Waals surface area contributed by atoms with Crippen molar-refractivity contribution in [1.29, 1.82) is 0 Å². The number of phenols is 4. The van der Waals surface area contributed by atoms with Crippen molar-refractivity contribution in [3.63, 3.8) is 0 Å². The smallest absolute Gasteiger partial charge is 0.419 e. The number of H-pyrrole nitrogens is 3. The molecule has 10 aromatic rings. The number of hydrazone groups is 2. The van der Waals surface area contributed by atoms with Crippen LogP contribution in [0.4, 0.5) is 27.6 Å². The van der Waals surface area contributed by atoms with Crippen LogP contribution in [0, 0.1) is 36.3 Å². The summed E-state index contributed by atoms with van der Waals surface area (Å²) in [6, 6.07) is 27.2. The zero-order chi connectivity index (χ0) is 90.1. The fourth-order valence-electron chi connectivity index (χ4n) is 17.1. The summed E-state index contributed by atoms with van der Waals surface area (Å²) >= 11 is 0. The quantitative estimate of drug-likeness (QED) is 0.0161. The minimum Gasteiger partial charge on any atom is -0.508 e. The highest BCUT2D eigenvalue weighted by atomic mass is 19.4. The molecule has 128 heavy (non-hydrogen) atoms. The van der Waals surface area contributed by atoms with Gasteiger partial charge in [0, 0.05) is 92.9 Å². The monoisotopic (exact) mass is 1740 g/mol. The van der Waals surface area contributed by atoms with Crippen LogP contribution < -0.4 is 31.5 Å². The average Bonchev–Trinajstić information content (AvgIpc) is 1.77. The van der Waals surface area contributed by atoms with E-state index in [9.17, 15) is 47.5 Å². The molecule has 18 rings (SSSR count). The van der Waals surface area contributed by atoms with E-state index in [0.29, 0.717) is 40.5 Å². The van der Waals surface area contributed by atoms with E-state index >= 15 is 0 Å². The average molecular weight is 1740 g/mol. The summed E-state index contributed by atoms with van der Waals surface area (Å²) in [5.74, 6) is -0.482. The van der Waals surface area contributed by atoms with E-state index in [1.54, 1.807) is 43.5 Å². The van der Waals surface area contributed by atoms with Crippen molar-refractivity contribution in [2.45, 2.75) is 173 Å². The van der Waals surface area contributed by atoms with Gasteiger partial charge < -0.3 is 57.1 Å². The molecule has 664 valence electrons. The van der Waals surface area contributed by atoms with Crippen LogP contribution in [0.1, 0.15) is 180 Å². The van der Waals surface area contributed by atoms with Crippen LogP contribution in [0.15, 0.2) is 268 Å². The summed E-state index contributed by atoms with van der Waals surface area (Å²) in [6.07, 6.45) is 47.8. The zero-order valence-corrected chi connectivity index (χ0v) is 72.7. The number of allylic oxidation sites excluding steroid dienone is 9. The molecule has 0 fully saturated rings. The standard InChI is InChI=1S/C21H24F3N3O.C21H20FN3O.C21H25N3O2.C20H22FN3O.C19H19N3O/c1-3-5-6-13-10-19(14-7-8-20(28)17(9-14)21(22,23)24)25-11-15(13)16-12-26-27-18(16)4-2;1-11(2)8-15-12(3)20-16-10-23-25-18(16)6-7-19(20)24-21(15)14-5-4-13(26)9-17(14)22;1-4-6-7-14-10-19(15-8-9-20(25)21(11-15)26-3)22-12-16(14)17-13-23-24-18(17)5-2;21-18-11-16(25)7-8-17(18)20(13-4-2-1-3-5-13)23-15-6-9-19-14(10-15)12-22-24-19;23-17-8-5-14(6-9-17)19(13-3-1-2-4-13)21-16-7-10-18-15(11-16)12-20-22-18/h4,7-12,16,18-19,25,27-28H,2-3,5-6H2,1H3;4-7,9-11,26H,8H2,1-3H3,(H,23,25);5,8-13,19,22,25H,2,4,6-7H2,1,3H3,(H,23,24);4,6-12,14,19-20,23-25H,1-3,5H2;3,5-8,10-12,17,23H,1-2,4,9H2,(H,20,22). The van der Waals surface area contributed by atoms with Gasteiger partial charge in [0.2, 0.25) is 0 Å². The number of pyridine rings is 1. The number of aromatic amines is 3. The van der Waals surface area contributed by atoms with E-state index < -0.39 is 29.3 Å². The van der Waals surface area contributed by atoms with Crippen LogP contribution in [-0.4, -0.2) is 105 Å². The third-order valence-corrected chi connectivity index (χ3v) is 23.9. The van der Waals surface area contributed by atoms with Crippen molar-refractivity contribution >= 4 is 68.2 Å². The first-order valence-corrected chi connectivity index (χ1v) is 43.8. The minimum absolute atomic E-state index is 0.0138. The van der Waals surface area contributed by atoms with Crippen molar-refractivity contribution in [3.05, 3.63) is 310 Å². The lowest BCUT2D eigenvalue weighted by atomic mass is 9.83. The number of unbranched alkanes of at least 4 members (excludes halogenated alkanes) is 2. The summed E-state index contributed by atoms with van der Waals surface area (Å²) in [5.41, 5.74) is 26.2. The Morgan fingerprint density at radius 3 is 2.13 bits per heavy atom. The molecular weight excluding hydrogens is 1630 g/mol. The van der Waals surface area contributed by atoms with Crippen molar-refractivity contribution < 1.29 is 52.2 Å². The maximum absolute atomic E-state index is 14.6. The molecule has 8 heterocycles.